The van der Waals surface area contributed by atoms with E-state index in [-0.39, 0.29) is 6.61 Å². The summed E-state index contributed by atoms with van der Waals surface area (Å²) in [6.07, 6.45) is -2.98. The van der Waals surface area contributed by atoms with Crippen LogP contribution < -0.4 is 0 Å². The van der Waals surface area contributed by atoms with E-state index in [1.165, 1.54) is 6.07 Å². The molecular weight excluding hydrogens is 311 g/mol. The topological polar surface area (TPSA) is 66.8 Å². The normalized spacial score (nSPS) is 14.2. The molecule has 0 aliphatic heterocycles. The maximum atomic E-state index is 11.2. The molecule has 0 aliphatic carbocycles. The molecular formula is C11H12BrClO4. The average Bonchev–Trinajstić information content (AvgIpc) is 2.31. The molecule has 2 N–H and O–H groups in total. The van der Waals surface area contributed by atoms with Gasteiger partial charge in [-0.05, 0) is 40.5 Å². The number of benzene rings is 1. The van der Waals surface area contributed by atoms with Crippen molar-refractivity contribution in [3.63, 3.8) is 0 Å². The number of halogens is 2. The van der Waals surface area contributed by atoms with Gasteiger partial charge in [-0.1, -0.05) is 17.7 Å². The fourth-order valence-electron chi connectivity index (χ4n) is 1.24. The van der Waals surface area contributed by atoms with Crippen LogP contribution in [0.3, 0.4) is 0 Å². The largest absolute Gasteiger partial charge is 0.464 e. The molecule has 0 saturated carbocycles. The zero-order chi connectivity index (χ0) is 13.0. The Hall–Kier alpha value is -0.620. The molecule has 1 aromatic carbocycles. The summed E-state index contributed by atoms with van der Waals surface area (Å²) in [5.41, 5.74) is 0.346. The van der Waals surface area contributed by atoms with Crippen LogP contribution in [0.5, 0.6) is 0 Å². The minimum atomic E-state index is -1.62. The van der Waals surface area contributed by atoms with Crippen molar-refractivity contribution in [3.05, 3.63) is 33.3 Å². The van der Waals surface area contributed by atoms with E-state index in [9.17, 15) is 15.0 Å². The molecule has 17 heavy (non-hydrogen) atoms. The van der Waals surface area contributed by atoms with E-state index in [0.29, 0.717) is 15.1 Å². The molecule has 0 fully saturated rings. The third kappa shape index (κ3) is 3.67. The number of ether oxygens (including phenoxy) is 1. The van der Waals surface area contributed by atoms with Crippen LogP contribution in [0, 0.1) is 0 Å². The van der Waals surface area contributed by atoms with Crippen molar-refractivity contribution >= 4 is 33.5 Å². The molecule has 0 saturated heterocycles. The first-order valence-corrected chi connectivity index (χ1v) is 6.12. The van der Waals surface area contributed by atoms with Gasteiger partial charge in [0.2, 0.25) is 0 Å². The summed E-state index contributed by atoms with van der Waals surface area (Å²) in [4.78, 5) is 11.2. The standard InChI is InChI=1S/C11H12BrClO4/c1-2-17-11(16)10(15)9(14)6-3-4-7(12)8(13)5-6/h3-5,9-10,14-15H,2H2,1H3. The second-order valence-corrected chi connectivity index (χ2v) is 4.58. The summed E-state index contributed by atoms with van der Waals surface area (Å²) < 4.78 is 5.28. The van der Waals surface area contributed by atoms with E-state index in [1.807, 2.05) is 0 Å². The van der Waals surface area contributed by atoms with Gasteiger partial charge in [0.15, 0.2) is 6.10 Å². The molecule has 2 unspecified atom stereocenters. The Kier molecular flexibility index (Phi) is 5.39. The minimum Gasteiger partial charge on any atom is -0.464 e. The summed E-state index contributed by atoms with van der Waals surface area (Å²) in [5, 5.41) is 19.7. The van der Waals surface area contributed by atoms with Gasteiger partial charge in [-0.3, -0.25) is 0 Å². The molecule has 1 rings (SSSR count). The van der Waals surface area contributed by atoms with Crippen LogP contribution in [0.25, 0.3) is 0 Å². The Bertz CT molecular complexity index is 410. The van der Waals surface area contributed by atoms with Gasteiger partial charge in [0.25, 0.3) is 0 Å². The van der Waals surface area contributed by atoms with E-state index in [2.05, 4.69) is 20.7 Å². The number of esters is 1. The first-order chi connectivity index (χ1) is 7.97. The van der Waals surface area contributed by atoms with Gasteiger partial charge >= 0.3 is 5.97 Å². The smallest absolute Gasteiger partial charge is 0.338 e. The quantitative estimate of drug-likeness (QED) is 0.832. The number of rotatable bonds is 4. The van der Waals surface area contributed by atoms with Crippen LogP contribution in [0.2, 0.25) is 5.02 Å². The second-order valence-electron chi connectivity index (χ2n) is 3.32. The monoisotopic (exact) mass is 322 g/mol. The van der Waals surface area contributed by atoms with Crippen molar-refractivity contribution in [3.8, 4) is 0 Å². The molecule has 94 valence electrons. The van der Waals surface area contributed by atoms with Gasteiger partial charge in [0.05, 0.1) is 11.6 Å². The minimum absolute atomic E-state index is 0.143. The lowest BCUT2D eigenvalue weighted by Crippen LogP contribution is -2.29. The molecule has 0 aromatic heterocycles. The average molecular weight is 324 g/mol. The number of carbonyl (C=O) groups is 1. The fraction of sp³-hybridized carbons (Fsp3) is 0.364. The van der Waals surface area contributed by atoms with Crippen molar-refractivity contribution in [1.82, 2.24) is 0 Å². The first kappa shape index (κ1) is 14.4. The fourth-order valence-corrected chi connectivity index (χ4v) is 1.67. The number of aliphatic hydroxyl groups is 2. The summed E-state index contributed by atoms with van der Waals surface area (Å²) in [6.45, 7) is 1.76. The molecule has 0 spiro atoms. The zero-order valence-electron chi connectivity index (χ0n) is 9.06. The Morgan fingerprint density at radius 3 is 2.71 bits per heavy atom. The van der Waals surface area contributed by atoms with Crippen LogP contribution in [0.15, 0.2) is 22.7 Å². The molecule has 0 radical (unpaired) electrons. The van der Waals surface area contributed by atoms with Crippen LogP contribution in [-0.2, 0) is 9.53 Å². The van der Waals surface area contributed by atoms with Gasteiger partial charge in [-0.2, -0.15) is 0 Å². The van der Waals surface area contributed by atoms with Crippen molar-refractivity contribution in [2.24, 2.45) is 0 Å². The zero-order valence-corrected chi connectivity index (χ0v) is 11.4. The van der Waals surface area contributed by atoms with E-state index >= 15 is 0 Å². The lowest BCUT2D eigenvalue weighted by Gasteiger charge is -2.17. The predicted octanol–water partition coefficient (Wildman–Crippen LogP) is 2.06. The van der Waals surface area contributed by atoms with Crippen molar-refractivity contribution in [2.45, 2.75) is 19.1 Å². The van der Waals surface area contributed by atoms with Gasteiger partial charge < -0.3 is 14.9 Å². The number of aliphatic hydroxyl groups excluding tert-OH is 2. The van der Waals surface area contributed by atoms with Gasteiger partial charge in [0.1, 0.15) is 6.10 Å². The van der Waals surface area contributed by atoms with E-state index in [0.717, 1.165) is 0 Å². The SMILES string of the molecule is CCOC(=O)C(O)C(O)c1ccc(Br)c(Cl)c1. The molecule has 4 nitrogen and oxygen atoms in total. The molecule has 0 amide bonds. The molecule has 0 heterocycles. The van der Waals surface area contributed by atoms with E-state index in [4.69, 9.17) is 11.6 Å². The number of hydrogen-bond donors (Lipinski definition) is 2. The summed E-state index contributed by atoms with van der Waals surface area (Å²) >= 11 is 9.05. The second kappa shape index (κ2) is 6.35. The highest BCUT2D eigenvalue weighted by Gasteiger charge is 2.27. The third-order valence-corrected chi connectivity index (χ3v) is 3.34. The van der Waals surface area contributed by atoms with Crippen LogP contribution in [0.4, 0.5) is 0 Å². The maximum Gasteiger partial charge on any atom is 0.338 e. The molecule has 1 aromatic rings. The number of carbonyl (C=O) groups excluding carboxylic acids is 1. The summed E-state index contributed by atoms with van der Waals surface area (Å²) in [5.74, 6) is -0.862. The van der Waals surface area contributed by atoms with Gasteiger partial charge in [-0.15, -0.1) is 0 Å². The lowest BCUT2D eigenvalue weighted by atomic mass is 10.0. The molecule has 0 bridgehead atoms. The van der Waals surface area contributed by atoms with E-state index < -0.39 is 18.2 Å². The Morgan fingerprint density at radius 2 is 2.18 bits per heavy atom. The summed E-state index contributed by atoms with van der Waals surface area (Å²) in [6, 6.07) is 4.65. The van der Waals surface area contributed by atoms with Crippen LogP contribution in [0.1, 0.15) is 18.6 Å². The van der Waals surface area contributed by atoms with E-state index in [1.54, 1.807) is 19.1 Å². The molecule has 0 aliphatic rings. The van der Waals surface area contributed by atoms with Crippen molar-refractivity contribution in [2.75, 3.05) is 6.61 Å². The molecule has 2 atom stereocenters. The van der Waals surface area contributed by atoms with Crippen molar-refractivity contribution in [1.29, 1.82) is 0 Å². The highest BCUT2D eigenvalue weighted by molar-refractivity contribution is 9.10. The number of hydrogen-bond acceptors (Lipinski definition) is 4. The molecule has 6 heteroatoms. The van der Waals surface area contributed by atoms with Crippen LogP contribution in [-0.4, -0.2) is 28.9 Å². The van der Waals surface area contributed by atoms with Crippen LogP contribution >= 0.6 is 27.5 Å². The predicted molar refractivity (Wildman–Crippen MR) is 66.8 cm³/mol. The Balaban J connectivity index is 2.84. The summed E-state index contributed by atoms with van der Waals surface area (Å²) in [7, 11) is 0. The highest BCUT2D eigenvalue weighted by Crippen LogP contribution is 2.27. The Morgan fingerprint density at radius 1 is 1.53 bits per heavy atom. The lowest BCUT2D eigenvalue weighted by molar-refractivity contribution is -0.159. The van der Waals surface area contributed by atoms with Gasteiger partial charge in [-0.25, -0.2) is 4.79 Å². The van der Waals surface area contributed by atoms with Gasteiger partial charge in [0, 0.05) is 4.47 Å². The first-order valence-electron chi connectivity index (χ1n) is 4.95. The maximum absolute atomic E-state index is 11.2. The Labute approximate surface area is 112 Å². The third-order valence-electron chi connectivity index (χ3n) is 2.11. The highest BCUT2D eigenvalue weighted by atomic mass is 79.9. The van der Waals surface area contributed by atoms with Crippen molar-refractivity contribution < 1.29 is 19.7 Å².